The Morgan fingerprint density at radius 2 is 2.00 bits per heavy atom. The molecule has 1 fully saturated rings. The summed E-state index contributed by atoms with van der Waals surface area (Å²) in [5.74, 6) is 1.15. The van der Waals surface area contributed by atoms with Crippen LogP contribution in [0, 0.1) is 19.8 Å². The lowest BCUT2D eigenvalue weighted by Crippen LogP contribution is -2.45. The summed E-state index contributed by atoms with van der Waals surface area (Å²) in [6.45, 7) is 7.11. The number of aliphatic hydroxyl groups excluding tert-OH is 1. The molecule has 0 unspecified atom stereocenters. The fourth-order valence-corrected chi connectivity index (χ4v) is 4.09. The lowest BCUT2D eigenvalue weighted by atomic mass is 10.00. The Hall–Kier alpha value is -1.50. The fraction of sp³-hybridized carbons (Fsp3) is 0.579. The third-order valence-corrected chi connectivity index (χ3v) is 5.54. The van der Waals surface area contributed by atoms with Crippen molar-refractivity contribution < 1.29 is 5.11 Å². The van der Waals surface area contributed by atoms with Crippen LogP contribution in [0.4, 0.5) is 5.95 Å². The second kappa shape index (κ2) is 8.74. The number of anilines is 1. The highest BCUT2D eigenvalue weighted by molar-refractivity contribution is 7.07. The van der Waals surface area contributed by atoms with E-state index in [1.807, 2.05) is 19.9 Å². The number of hydrogen-bond donors (Lipinski definition) is 2. The zero-order valence-electron chi connectivity index (χ0n) is 15.1. The second-order valence-corrected chi connectivity index (χ2v) is 7.78. The Balaban J connectivity index is 1.45. The van der Waals surface area contributed by atoms with Crippen molar-refractivity contribution in [1.29, 1.82) is 0 Å². The molecule has 1 saturated heterocycles. The molecule has 5 nitrogen and oxygen atoms in total. The van der Waals surface area contributed by atoms with Gasteiger partial charge in [0.1, 0.15) is 0 Å². The lowest BCUT2D eigenvalue weighted by Gasteiger charge is -2.33. The first-order chi connectivity index (χ1) is 12.1. The second-order valence-electron chi connectivity index (χ2n) is 7.00. The van der Waals surface area contributed by atoms with Crippen LogP contribution in [-0.2, 0) is 6.42 Å². The van der Waals surface area contributed by atoms with Gasteiger partial charge in [0.25, 0.3) is 0 Å². The van der Waals surface area contributed by atoms with Crippen LogP contribution in [0.1, 0.15) is 29.8 Å². The standard InChI is InChI=1S/C19H28N4OS/c1-14-9-15(2)22-19(21-14)23-6-3-18(4-7-23)20-11-17(12-24)10-16-5-8-25-13-16/h5,8-9,13,17-18,20,24H,3-4,6-7,10-12H2,1-2H3/t17-/m1/s1. The quantitative estimate of drug-likeness (QED) is 0.795. The molecule has 1 atom stereocenters. The van der Waals surface area contributed by atoms with Crippen LogP contribution >= 0.6 is 11.3 Å². The van der Waals surface area contributed by atoms with E-state index in [9.17, 15) is 5.11 Å². The maximum atomic E-state index is 9.64. The van der Waals surface area contributed by atoms with Crippen molar-refractivity contribution in [3.8, 4) is 0 Å². The summed E-state index contributed by atoms with van der Waals surface area (Å²) in [5, 5.41) is 17.6. The number of hydrogen-bond acceptors (Lipinski definition) is 6. The Labute approximate surface area is 154 Å². The molecule has 0 saturated carbocycles. The van der Waals surface area contributed by atoms with Crippen molar-refractivity contribution in [2.75, 3.05) is 31.1 Å². The molecule has 136 valence electrons. The fourth-order valence-electron chi connectivity index (χ4n) is 3.41. The molecule has 3 heterocycles. The number of aryl methyl sites for hydroxylation is 2. The zero-order chi connectivity index (χ0) is 17.6. The number of nitrogens with one attached hydrogen (secondary N) is 1. The lowest BCUT2D eigenvalue weighted by molar-refractivity contribution is 0.215. The molecule has 3 rings (SSSR count). The highest BCUT2D eigenvalue weighted by atomic mass is 32.1. The van der Waals surface area contributed by atoms with Gasteiger partial charge >= 0.3 is 0 Å². The van der Waals surface area contributed by atoms with E-state index in [-0.39, 0.29) is 12.5 Å². The van der Waals surface area contributed by atoms with Crippen LogP contribution in [0.25, 0.3) is 0 Å². The topological polar surface area (TPSA) is 61.3 Å². The van der Waals surface area contributed by atoms with Crippen molar-refractivity contribution in [3.05, 3.63) is 39.8 Å². The monoisotopic (exact) mass is 360 g/mol. The molecule has 0 aliphatic carbocycles. The normalized spacial score (nSPS) is 17.0. The minimum absolute atomic E-state index is 0.234. The van der Waals surface area contributed by atoms with Crippen LogP contribution < -0.4 is 10.2 Å². The van der Waals surface area contributed by atoms with Crippen molar-refractivity contribution in [2.45, 2.75) is 39.2 Å². The molecule has 0 radical (unpaired) electrons. The SMILES string of the molecule is Cc1cc(C)nc(N2CCC(NC[C@H](CO)Cc3ccsc3)CC2)n1. The van der Waals surface area contributed by atoms with E-state index in [0.29, 0.717) is 6.04 Å². The van der Waals surface area contributed by atoms with Gasteiger partial charge in [0.2, 0.25) is 5.95 Å². The molecule has 1 aliphatic rings. The number of nitrogens with zero attached hydrogens (tertiary/aromatic N) is 3. The van der Waals surface area contributed by atoms with Gasteiger partial charge in [-0.1, -0.05) is 0 Å². The van der Waals surface area contributed by atoms with Crippen molar-refractivity contribution in [3.63, 3.8) is 0 Å². The zero-order valence-corrected chi connectivity index (χ0v) is 15.9. The Bertz CT molecular complexity index is 633. The summed E-state index contributed by atoms with van der Waals surface area (Å²) in [4.78, 5) is 11.4. The Morgan fingerprint density at radius 1 is 1.28 bits per heavy atom. The van der Waals surface area contributed by atoms with Crippen LogP contribution in [0.2, 0.25) is 0 Å². The van der Waals surface area contributed by atoms with E-state index in [1.54, 1.807) is 11.3 Å². The van der Waals surface area contributed by atoms with Gasteiger partial charge in [0.15, 0.2) is 0 Å². The summed E-state index contributed by atoms with van der Waals surface area (Å²) in [5.41, 5.74) is 3.39. The minimum Gasteiger partial charge on any atom is -0.396 e. The molecule has 25 heavy (non-hydrogen) atoms. The van der Waals surface area contributed by atoms with Gasteiger partial charge in [0.05, 0.1) is 0 Å². The third-order valence-electron chi connectivity index (χ3n) is 4.81. The van der Waals surface area contributed by atoms with Gasteiger partial charge in [-0.25, -0.2) is 9.97 Å². The number of thiophene rings is 1. The van der Waals surface area contributed by atoms with Crippen LogP contribution in [-0.4, -0.2) is 47.4 Å². The predicted octanol–water partition coefficient (Wildman–Crippen LogP) is 2.56. The van der Waals surface area contributed by atoms with Crippen molar-refractivity contribution in [1.82, 2.24) is 15.3 Å². The van der Waals surface area contributed by atoms with E-state index in [4.69, 9.17) is 0 Å². The van der Waals surface area contributed by atoms with Crippen molar-refractivity contribution in [2.24, 2.45) is 5.92 Å². The van der Waals surface area contributed by atoms with Crippen molar-refractivity contribution >= 4 is 17.3 Å². The molecule has 0 bridgehead atoms. The molecule has 0 aromatic carbocycles. The predicted molar refractivity (Wildman–Crippen MR) is 103 cm³/mol. The smallest absolute Gasteiger partial charge is 0.225 e. The first kappa shape index (κ1) is 18.3. The van der Waals surface area contributed by atoms with Gasteiger partial charge in [-0.05, 0) is 67.5 Å². The van der Waals surface area contributed by atoms with E-state index in [0.717, 1.165) is 56.2 Å². The van der Waals surface area contributed by atoms with Gasteiger partial charge < -0.3 is 15.3 Å². The molecular weight excluding hydrogens is 332 g/mol. The van der Waals surface area contributed by atoms with Gasteiger partial charge in [0, 0.05) is 43.7 Å². The average Bonchev–Trinajstić information content (AvgIpc) is 3.11. The van der Waals surface area contributed by atoms with Gasteiger partial charge in [-0.15, -0.1) is 0 Å². The first-order valence-electron chi connectivity index (χ1n) is 9.06. The summed E-state index contributed by atoms with van der Waals surface area (Å²) >= 11 is 1.72. The summed E-state index contributed by atoms with van der Waals surface area (Å²) in [6.07, 6.45) is 3.13. The molecule has 2 aromatic heterocycles. The highest BCUT2D eigenvalue weighted by Gasteiger charge is 2.22. The summed E-state index contributed by atoms with van der Waals surface area (Å²) < 4.78 is 0. The molecule has 1 aliphatic heterocycles. The van der Waals surface area contributed by atoms with Crippen LogP contribution in [0.3, 0.4) is 0 Å². The molecule has 2 aromatic rings. The average molecular weight is 361 g/mol. The molecule has 0 spiro atoms. The number of aliphatic hydroxyl groups is 1. The number of aromatic nitrogens is 2. The van der Waals surface area contributed by atoms with Gasteiger partial charge in [-0.3, -0.25) is 0 Å². The van der Waals surface area contributed by atoms with E-state index < -0.39 is 0 Å². The third kappa shape index (κ3) is 5.23. The summed E-state index contributed by atoms with van der Waals surface area (Å²) in [6, 6.07) is 4.68. The highest BCUT2D eigenvalue weighted by Crippen LogP contribution is 2.18. The first-order valence-corrected chi connectivity index (χ1v) is 10.0. The molecule has 0 amide bonds. The maximum Gasteiger partial charge on any atom is 0.225 e. The molecular formula is C19H28N4OS. The largest absolute Gasteiger partial charge is 0.396 e. The Kier molecular flexibility index (Phi) is 6.39. The molecule has 2 N–H and O–H groups in total. The summed E-state index contributed by atoms with van der Waals surface area (Å²) in [7, 11) is 0. The maximum absolute atomic E-state index is 9.64. The Morgan fingerprint density at radius 3 is 2.60 bits per heavy atom. The minimum atomic E-state index is 0.234. The van der Waals surface area contributed by atoms with Crippen LogP contribution in [0.15, 0.2) is 22.9 Å². The van der Waals surface area contributed by atoms with Gasteiger partial charge in [-0.2, -0.15) is 11.3 Å². The van der Waals surface area contributed by atoms with E-state index in [2.05, 4.69) is 37.0 Å². The van der Waals surface area contributed by atoms with E-state index in [1.165, 1.54) is 5.56 Å². The molecule has 6 heteroatoms. The van der Waals surface area contributed by atoms with E-state index >= 15 is 0 Å². The number of piperidine rings is 1. The number of rotatable bonds is 7. The van der Waals surface area contributed by atoms with Crippen LogP contribution in [0.5, 0.6) is 0 Å².